The van der Waals surface area contributed by atoms with E-state index in [0.717, 1.165) is 43.3 Å². The van der Waals surface area contributed by atoms with Crippen LogP contribution in [0.25, 0.3) is 0 Å². The van der Waals surface area contributed by atoms with Gasteiger partial charge in [0, 0.05) is 24.7 Å². The summed E-state index contributed by atoms with van der Waals surface area (Å²) in [5.74, 6) is 0.823. The summed E-state index contributed by atoms with van der Waals surface area (Å²) < 4.78 is 0. The molecule has 1 aromatic carbocycles. The molecular formula is C18H27IN4S. The van der Waals surface area contributed by atoms with Gasteiger partial charge in [0.15, 0.2) is 5.96 Å². The van der Waals surface area contributed by atoms with E-state index in [1.807, 2.05) is 6.20 Å². The van der Waals surface area contributed by atoms with Crippen LogP contribution < -0.4 is 10.6 Å². The van der Waals surface area contributed by atoms with Gasteiger partial charge in [-0.05, 0) is 30.4 Å². The zero-order chi connectivity index (χ0) is 16.5. The van der Waals surface area contributed by atoms with Gasteiger partial charge in [0.2, 0.25) is 0 Å². The monoisotopic (exact) mass is 458 g/mol. The van der Waals surface area contributed by atoms with Gasteiger partial charge >= 0.3 is 0 Å². The second-order valence-corrected chi connectivity index (χ2v) is 6.55. The quantitative estimate of drug-likeness (QED) is 0.377. The summed E-state index contributed by atoms with van der Waals surface area (Å²) in [6.07, 6.45) is 5.08. The molecule has 2 rings (SSSR count). The predicted molar refractivity (Wildman–Crippen MR) is 115 cm³/mol. The van der Waals surface area contributed by atoms with Crippen molar-refractivity contribution in [2.45, 2.75) is 39.7 Å². The molecule has 0 unspecified atom stereocenters. The van der Waals surface area contributed by atoms with Gasteiger partial charge in [-0.15, -0.1) is 35.3 Å². The van der Waals surface area contributed by atoms with E-state index in [2.05, 4.69) is 58.7 Å². The number of aliphatic imine (C=N–C) groups is 1. The lowest BCUT2D eigenvalue weighted by atomic mass is 10.1. The van der Waals surface area contributed by atoms with Crippen LogP contribution in [0.15, 0.2) is 35.5 Å². The molecule has 1 heterocycles. The van der Waals surface area contributed by atoms with E-state index >= 15 is 0 Å². The van der Waals surface area contributed by atoms with E-state index in [0.29, 0.717) is 0 Å². The van der Waals surface area contributed by atoms with E-state index < -0.39 is 0 Å². The van der Waals surface area contributed by atoms with E-state index in [9.17, 15) is 0 Å². The molecule has 0 aliphatic heterocycles. The molecule has 0 saturated heterocycles. The number of nitrogens with zero attached hydrogens (tertiary/aromatic N) is 2. The molecule has 0 bridgehead atoms. The Morgan fingerprint density at radius 1 is 1.08 bits per heavy atom. The van der Waals surface area contributed by atoms with Crippen molar-refractivity contribution in [2.24, 2.45) is 4.99 Å². The molecule has 0 amide bonds. The average molecular weight is 458 g/mol. The van der Waals surface area contributed by atoms with Crippen molar-refractivity contribution < 1.29 is 0 Å². The number of hydrogen-bond acceptors (Lipinski definition) is 3. The average Bonchev–Trinajstić information content (AvgIpc) is 3.06. The molecular weight excluding hydrogens is 431 g/mol. The molecule has 132 valence electrons. The Hall–Kier alpha value is -1.15. The number of hydrogen-bond donors (Lipinski definition) is 2. The van der Waals surface area contributed by atoms with Crippen LogP contribution in [0.5, 0.6) is 0 Å². The first-order valence-electron chi connectivity index (χ1n) is 8.21. The molecule has 6 heteroatoms. The van der Waals surface area contributed by atoms with Crippen molar-refractivity contribution in [2.75, 3.05) is 13.6 Å². The first-order chi connectivity index (χ1) is 11.2. The van der Waals surface area contributed by atoms with Gasteiger partial charge in [-0.25, -0.2) is 4.98 Å². The molecule has 4 nitrogen and oxygen atoms in total. The second kappa shape index (κ2) is 11.4. The summed E-state index contributed by atoms with van der Waals surface area (Å²) in [5, 5.41) is 7.76. The number of nitrogens with one attached hydrogen (secondary N) is 2. The van der Waals surface area contributed by atoms with Crippen LogP contribution >= 0.6 is 35.3 Å². The van der Waals surface area contributed by atoms with Gasteiger partial charge in [-0.3, -0.25) is 4.99 Å². The SMILES string of the molecule is CCc1ccc(CCNC(=NC)NCc2ncc(CC)s2)cc1.I. The molecule has 2 aromatic rings. The van der Waals surface area contributed by atoms with Gasteiger partial charge < -0.3 is 10.6 Å². The molecule has 0 aliphatic carbocycles. The van der Waals surface area contributed by atoms with Crippen LogP contribution in [0.2, 0.25) is 0 Å². The minimum Gasteiger partial charge on any atom is -0.356 e. The minimum absolute atomic E-state index is 0. The summed E-state index contributed by atoms with van der Waals surface area (Å²) in [5.41, 5.74) is 2.73. The zero-order valence-electron chi connectivity index (χ0n) is 14.6. The number of thiazole rings is 1. The van der Waals surface area contributed by atoms with Crippen molar-refractivity contribution in [3.05, 3.63) is 51.5 Å². The molecule has 0 spiro atoms. The fourth-order valence-corrected chi connectivity index (χ4v) is 3.04. The number of benzene rings is 1. The van der Waals surface area contributed by atoms with E-state index in [1.54, 1.807) is 18.4 Å². The Morgan fingerprint density at radius 3 is 2.38 bits per heavy atom. The Kier molecular flexibility index (Phi) is 9.94. The highest BCUT2D eigenvalue weighted by atomic mass is 127. The standard InChI is InChI=1S/C18H26N4S.HI/c1-4-14-6-8-15(9-7-14)10-11-20-18(19-3)22-13-17-21-12-16(5-2)23-17;/h6-9,12H,4-5,10-11,13H2,1-3H3,(H2,19,20,22);1H. The predicted octanol–water partition coefficient (Wildman–Crippen LogP) is 3.79. The Labute approximate surface area is 166 Å². The summed E-state index contributed by atoms with van der Waals surface area (Å²) in [6.45, 7) is 5.91. The topological polar surface area (TPSA) is 49.3 Å². The maximum atomic E-state index is 4.41. The van der Waals surface area contributed by atoms with Crippen LogP contribution in [-0.4, -0.2) is 24.5 Å². The van der Waals surface area contributed by atoms with Crippen molar-refractivity contribution >= 4 is 41.3 Å². The maximum absolute atomic E-state index is 4.41. The van der Waals surface area contributed by atoms with Crippen molar-refractivity contribution in [1.29, 1.82) is 0 Å². The summed E-state index contributed by atoms with van der Waals surface area (Å²) in [7, 11) is 1.80. The minimum atomic E-state index is 0. The van der Waals surface area contributed by atoms with Gasteiger partial charge in [0.25, 0.3) is 0 Å². The van der Waals surface area contributed by atoms with Crippen LogP contribution in [-0.2, 0) is 25.8 Å². The fraction of sp³-hybridized carbons (Fsp3) is 0.444. The number of aromatic nitrogens is 1. The smallest absolute Gasteiger partial charge is 0.191 e. The van der Waals surface area contributed by atoms with E-state index in [-0.39, 0.29) is 24.0 Å². The van der Waals surface area contributed by atoms with E-state index in [1.165, 1.54) is 16.0 Å². The van der Waals surface area contributed by atoms with Crippen LogP contribution in [0.3, 0.4) is 0 Å². The van der Waals surface area contributed by atoms with Gasteiger partial charge in [0.05, 0.1) is 6.54 Å². The molecule has 0 saturated carbocycles. The summed E-state index contributed by atoms with van der Waals surface area (Å²) in [6, 6.07) is 8.82. The first kappa shape index (κ1) is 20.9. The lowest BCUT2D eigenvalue weighted by molar-refractivity contribution is 0.791. The lowest BCUT2D eigenvalue weighted by Gasteiger charge is -2.11. The van der Waals surface area contributed by atoms with Crippen molar-refractivity contribution in [3.63, 3.8) is 0 Å². The normalized spacial score (nSPS) is 11.0. The molecule has 1 aromatic heterocycles. The molecule has 24 heavy (non-hydrogen) atoms. The zero-order valence-corrected chi connectivity index (χ0v) is 17.8. The summed E-state index contributed by atoms with van der Waals surface area (Å²) >= 11 is 1.75. The lowest BCUT2D eigenvalue weighted by Crippen LogP contribution is -2.37. The highest BCUT2D eigenvalue weighted by molar-refractivity contribution is 14.0. The number of rotatable bonds is 7. The van der Waals surface area contributed by atoms with Crippen LogP contribution in [0.4, 0.5) is 0 Å². The third kappa shape index (κ3) is 6.76. The molecule has 0 radical (unpaired) electrons. The molecule has 0 atom stereocenters. The second-order valence-electron chi connectivity index (χ2n) is 5.35. The molecule has 0 fully saturated rings. The maximum Gasteiger partial charge on any atom is 0.191 e. The molecule has 0 aliphatic rings. The Bertz CT molecular complexity index is 622. The van der Waals surface area contributed by atoms with Crippen molar-refractivity contribution in [3.8, 4) is 0 Å². The highest BCUT2D eigenvalue weighted by Gasteiger charge is 2.02. The van der Waals surface area contributed by atoms with Crippen LogP contribution in [0, 0.1) is 0 Å². The molecule has 2 N–H and O–H groups in total. The highest BCUT2D eigenvalue weighted by Crippen LogP contribution is 2.12. The van der Waals surface area contributed by atoms with Gasteiger partial charge in [0.1, 0.15) is 5.01 Å². The van der Waals surface area contributed by atoms with Crippen molar-refractivity contribution in [1.82, 2.24) is 15.6 Å². The third-order valence-electron chi connectivity index (χ3n) is 3.72. The first-order valence-corrected chi connectivity index (χ1v) is 9.02. The third-order valence-corrected chi connectivity index (χ3v) is 4.86. The summed E-state index contributed by atoms with van der Waals surface area (Å²) in [4.78, 5) is 9.99. The Balaban J connectivity index is 0.00000288. The number of halogens is 1. The van der Waals surface area contributed by atoms with Gasteiger partial charge in [-0.1, -0.05) is 38.1 Å². The number of aryl methyl sites for hydroxylation is 2. The van der Waals surface area contributed by atoms with Gasteiger partial charge in [-0.2, -0.15) is 0 Å². The Morgan fingerprint density at radius 2 is 1.79 bits per heavy atom. The number of guanidine groups is 1. The van der Waals surface area contributed by atoms with Crippen LogP contribution in [0.1, 0.15) is 34.9 Å². The van der Waals surface area contributed by atoms with E-state index in [4.69, 9.17) is 0 Å². The largest absolute Gasteiger partial charge is 0.356 e. The fourth-order valence-electron chi connectivity index (χ4n) is 2.24.